The maximum atomic E-state index is 12.5. The average Bonchev–Trinajstić information content (AvgIpc) is 2.25. The molecule has 0 saturated heterocycles. The fourth-order valence-corrected chi connectivity index (χ4v) is 1.12. The van der Waals surface area contributed by atoms with E-state index in [9.17, 15) is 13.2 Å². The molecule has 0 aliphatic rings. The monoisotopic (exact) mass is 249 g/mol. The van der Waals surface area contributed by atoms with Gasteiger partial charge in [0.25, 0.3) is 0 Å². The molecule has 17 heavy (non-hydrogen) atoms. The quantitative estimate of drug-likeness (QED) is 0.871. The van der Waals surface area contributed by atoms with E-state index in [1.54, 1.807) is 6.92 Å². The van der Waals surface area contributed by atoms with Crippen molar-refractivity contribution < 1.29 is 17.9 Å². The fraction of sp³-hybridized carbons (Fsp3) is 0.600. The van der Waals surface area contributed by atoms with Gasteiger partial charge < -0.3 is 10.1 Å². The van der Waals surface area contributed by atoms with Gasteiger partial charge in [0.2, 0.25) is 11.7 Å². The Bertz CT molecular complexity index is 368. The molecular weight excluding hydrogens is 235 g/mol. The van der Waals surface area contributed by atoms with Crippen LogP contribution in [0.15, 0.2) is 6.07 Å². The SMILES string of the molecule is CCCNc1cc(OCC)nc(C(F)(F)F)n1. The highest BCUT2D eigenvalue weighted by molar-refractivity contribution is 5.38. The highest BCUT2D eigenvalue weighted by atomic mass is 19.4. The lowest BCUT2D eigenvalue weighted by atomic mass is 10.4. The predicted molar refractivity (Wildman–Crippen MR) is 57.0 cm³/mol. The fourth-order valence-electron chi connectivity index (χ4n) is 1.12. The molecule has 0 radical (unpaired) electrons. The van der Waals surface area contributed by atoms with Crippen molar-refractivity contribution in [2.45, 2.75) is 26.4 Å². The smallest absolute Gasteiger partial charge is 0.451 e. The predicted octanol–water partition coefficient (Wildman–Crippen LogP) is 2.72. The second-order valence-electron chi connectivity index (χ2n) is 3.27. The lowest BCUT2D eigenvalue weighted by molar-refractivity contribution is -0.145. The van der Waals surface area contributed by atoms with E-state index in [2.05, 4.69) is 15.3 Å². The number of nitrogens with zero attached hydrogens (tertiary/aromatic N) is 2. The first-order valence-electron chi connectivity index (χ1n) is 5.30. The minimum Gasteiger partial charge on any atom is -0.478 e. The summed E-state index contributed by atoms with van der Waals surface area (Å²) in [6.07, 6.45) is -3.79. The van der Waals surface area contributed by atoms with Crippen LogP contribution in [-0.2, 0) is 6.18 Å². The van der Waals surface area contributed by atoms with Crippen LogP contribution >= 0.6 is 0 Å². The van der Waals surface area contributed by atoms with E-state index < -0.39 is 12.0 Å². The zero-order chi connectivity index (χ0) is 12.9. The number of anilines is 1. The third-order valence-corrected chi connectivity index (χ3v) is 1.80. The molecule has 0 bridgehead atoms. The van der Waals surface area contributed by atoms with Gasteiger partial charge in [-0.15, -0.1) is 0 Å². The van der Waals surface area contributed by atoms with E-state index >= 15 is 0 Å². The summed E-state index contributed by atoms with van der Waals surface area (Å²) in [5.74, 6) is -1.15. The molecule has 1 rings (SSSR count). The summed E-state index contributed by atoms with van der Waals surface area (Å²) >= 11 is 0. The zero-order valence-corrected chi connectivity index (χ0v) is 9.64. The highest BCUT2D eigenvalue weighted by Gasteiger charge is 2.35. The summed E-state index contributed by atoms with van der Waals surface area (Å²) in [7, 11) is 0. The minimum absolute atomic E-state index is 0.0755. The number of rotatable bonds is 5. The van der Waals surface area contributed by atoms with Crippen molar-refractivity contribution in [3.63, 3.8) is 0 Å². The number of hydrogen-bond donors (Lipinski definition) is 1. The van der Waals surface area contributed by atoms with Gasteiger partial charge >= 0.3 is 6.18 Å². The van der Waals surface area contributed by atoms with Crippen LogP contribution in [0.4, 0.5) is 19.0 Å². The summed E-state index contributed by atoms with van der Waals surface area (Å²) in [5.41, 5.74) is 0. The van der Waals surface area contributed by atoms with Gasteiger partial charge in [-0.1, -0.05) is 6.92 Å². The van der Waals surface area contributed by atoms with Crippen LogP contribution in [0, 0.1) is 0 Å². The lowest BCUT2D eigenvalue weighted by Gasteiger charge is -2.11. The molecule has 0 unspecified atom stereocenters. The van der Waals surface area contributed by atoms with E-state index in [0.29, 0.717) is 6.54 Å². The van der Waals surface area contributed by atoms with E-state index in [1.807, 2.05) is 6.92 Å². The van der Waals surface area contributed by atoms with Gasteiger partial charge in [-0.25, -0.2) is 4.98 Å². The summed E-state index contributed by atoms with van der Waals surface area (Å²) in [5, 5.41) is 2.77. The molecule has 1 N–H and O–H groups in total. The van der Waals surface area contributed by atoms with Crippen molar-refractivity contribution in [2.24, 2.45) is 0 Å². The zero-order valence-electron chi connectivity index (χ0n) is 9.64. The number of halogens is 3. The lowest BCUT2D eigenvalue weighted by Crippen LogP contribution is -2.14. The molecule has 0 amide bonds. The minimum atomic E-state index is -4.57. The second kappa shape index (κ2) is 5.70. The molecule has 0 atom stereocenters. The standard InChI is InChI=1S/C10H14F3N3O/c1-3-5-14-7-6-8(17-4-2)16-9(15-7)10(11,12)13/h6H,3-5H2,1-2H3,(H,14,15,16). The first-order valence-corrected chi connectivity index (χ1v) is 5.30. The molecule has 0 aliphatic heterocycles. The van der Waals surface area contributed by atoms with Crippen molar-refractivity contribution in [2.75, 3.05) is 18.5 Å². The van der Waals surface area contributed by atoms with Crippen molar-refractivity contribution in [3.05, 3.63) is 11.9 Å². The molecule has 4 nitrogen and oxygen atoms in total. The third kappa shape index (κ3) is 4.08. The molecule has 96 valence electrons. The Morgan fingerprint density at radius 3 is 2.53 bits per heavy atom. The maximum absolute atomic E-state index is 12.5. The largest absolute Gasteiger partial charge is 0.478 e. The molecule has 0 saturated carbocycles. The van der Waals surface area contributed by atoms with Crippen LogP contribution in [0.3, 0.4) is 0 Å². The Morgan fingerprint density at radius 2 is 2.00 bits per heavy atom. The summed E-state index contributed by atoms with van der Waals surface area (Å²) < 4.78 is 42.5. The molecule has 0 aromatic carbocycles. The Labute approximate surface area is 97.2 Å². The van der Waals surface area contributed by atoms with Crippen LogP contribution in [0.1, 0.15) is 26.1 Å². The number of alkyl halides is 3. The first kappa shape index (κ1) is 13.5. The molecule has 0 aliphatic carbocycles. The van der Waals surface area contributed by atoms with E-state index in [1.165, 1.54) is 6.07 Å². The van der Waals surface area contributed by atoms with Gasteiger partial charge in [0.1, 0.15) is 5.82 Å². The number of nitrogens with one attached hydrogen (secondary N) is 1. The normalized spacial score (nSPS) is 11.4. The van der Waals surface area contributed by atoms with Crippen LogP contribution < -0.4 is 10.1 Å². The average molecular weight is 249 g/mol. The van der Waals surface area contributed by atoms with Crippen molar-refractivity contribution in [1.29, 1.82) is 0 Å². The number of aromatic nitrogens is 2. The van der Waals surface area contributed by atoms with Crippen molar-refractivity contribution >= 4 is 5.82 Å². The summed E-state index contributed by atoms with van der Waals surface area (Å²) in [6.45, 7) is 4.37. The molecular formula is C10H14F3N3O. The molecule has 7 heteroatoms. The molecule has 1 aromatic rings. The van der Waals surface area contributed by atoms with E-state index in [-0.39, 0.29) is 18.3 Å². The second-order valence-corrected chi connectivity index (χ2v) is 3.27. The van der Waals surface area contributed by atoms with Crippen molar-refractivity contribution in [1.82, 2.24) is 9.97 Å². The van der Waals surface area contributed by atoms with E-state index in [0.717, 1.165) is 6.42 Å². The first-order chi connectivity index (χ1) is 7.97. The van der Waals surface area contributed by atoms with Gasteiger partial charge in [0.05, 0.1) is 6.61 Å². The van der Waals surface area contributed by atoms with E-state index in [4.69, 9.17) is 4.74 Å². The Hall–Kier alpha value is -1.53. The molecule has 0 spiro atoms. The van der Waals surface area contributed by atoms with Crippen LogP contribution in [0.2, 0.25) is 0 Å². The highest BCUT2D eigenvalue weighted by Crippen LogP contribution is 2.28. The molecule has 1 heterocycles. The van der Waals surface area contributed by atoms with Crippen LogP contribution in [-0.4, -0.2) is 23.1 Å². The summed E-state index contributed by atoms with van der Waals surface area (Å²) in [6, 6.07) is 1.36. The topological polar surface area (TPSA) is 47.0 Å². The van der Waals surface area contributed by atoms with Gasteiger partial charge in [0, 0.05) is 12.6 Å². The Kier molecular flexibility index (Phi) is 4.53. The Morgan fingerprint density at radius 1 is 1.29 bits per heavy atom. The van der Waals surface area contributed by atoms with Gasteiger partial charge in [-0.2, -0.15) is 18.2 Å². The van der Waals surface area contributed by atoms with Crippen LogP contribution in [0.25, 0.3) is 0 Å². The van der Waals surface area contributed by atoms with Crippen molar-refractivity contribution in [3.8, 4) is 5.88 Å². The van der Waals surface area contributed by atoms with Gasteiger partial charge in [-0.3, -0.25) is 0 Å². The number of hydrogen-bond acceptors (Lipinski definition) is 4. The Balaban J connectivity index is 3.01. The molecule has 1 aromatic heterocycles. The van der Waals surface area contributed by atoms with Gasteiger partial charge in [-0.05, 0) is 13.3 Å². The van der Waals surface area contributed by atoms with Gasteiger partial charge in [0.15, 0.2) is 0 Å². The molecule has 0 fully saturated rings. The number of ether oxygens (including phenoxy) is 1. The van der Waals surface area contributed by atoms with Crippen LogP contribution in [0.5, 0.6) is 5.88 Å². The summed E-state index contributed by atoms with van der Waals surface area (Å²) in [4.78, 5) is 6.70. The third-order valence-electron chi connectivity index (χ3n) is 1.80. The maximum Gasteiger partial charge on any atom is 0.451 e.